The van der Waals surface area contributed by atoms with Crippen LogP contribution in [-0.4, -0.2) is 30.5 Å². The fourth-order valence-electron chi connectivity index (χ4n) is 3.14. The van der Waals surface area contributed by atoms with Crippen molar-refractivity contribution in [3.8, 4) is 5.75 Å². The third kappa shape index (κ3) is 4.81. The Morgan fingerprint density at radius 3 is 2.47 bits per heavy atom. The number of benzene rings is 2. The molecule has 0 aliphatic rings. The molecule has 30 heavy (non-hydrogen) atoms. The van der Waals surface area contributed by atoms with Crippen LogP contribution in [0.5, 0.6) is 5.75 Å². The number of ether oxygens (including phenoxy) is 2. The second kappa shape index (κ2) is 9.46. The van der Waals surface area contributed by atoms with Crippen LogP contribution in [0.1, 0.15) is 37.5 Å². The molecule has 6 heteroatoms. The van der Waals surface area contributed by atoms with Gasteiger partial charge in [-0.15, -0.1) is 0 Å². The van der Waals surface area contributed by atoms with E-state index in [1.807, 2.05) is 35.9 Å². The number of allylic oxidation sites excluding steroid dienone is 1. The number of aromatic nitrogens is 1. The van der Waals surface area contributed by atoms with E-state index in [0.29, 0.717) is 39.7 Å². The van der Waals surface area contributed by atoms with Gasteiger partial charge in [0.15, 0.2) is 0 Å². The van der Waals surface area contributed by atoms with E-state index in [2.05, 4.69) is 0 Å². The van der Waals surface area contributed by atoms with Crippen molar-refractivity contribution in [3.05, 3.63) is 93.8 Å². The number of nitrogens with zero attached hydrogens (tertiary/aromatic N) is 1. The summed E-state index contributed by atoms with van der Waals surface area (Å²) in [7, 11) is 2.92. The fourth-order valence-corrected chi connectivity index (χ4v) is 3.31. The predicted molar refractivity (Wildman–Crippen MR) is 117 cm³/mol. The van der Waals surface area contributed by atoms with Gasteiger partial charge in [-0.1, -0.05) is 29.8 Å². The minimum absolute atomic E-state index is 0.0686. The Morgan fingerprint density at radius 2 is 1.80 bits per heavy atom. The van der Waals surface area contributed by atoms with E-state index in [1.54, 1.807) is 49.6 Å². The number of rotatable bonds is 7. The van der Waals surface area contributed by atoms with Crippen molar-refractivity contribution in [2.24, 2.45) is 0 Å². The summed E-state index contributed by atoms with van der Waals surface area (Å²) in [6, 6.07) is 13.9. The molecule has 0 radical (unpaired) electrons. The third-order valence-corrected chi connectivity index (χ3v) is 4.87. The summed E-state index contributed by atoms with van der Waals surface area (Å²) < 4.78 is 11.9. The molecule has 0 aliphatic carbocycles. The molecule has 3 aromatic rings. The largest absolute Gasteiger partial charge is 0.497 e. The second-order valence-corrected chi connectivity index (χ2v) is 7.17. The van der Waals surface area contributed by atoms with Crippen LogP contribution < -0.4 is 4.74 Å². The van der Waals surface area contributed by atoms with Crippen LogP contribution in [0.3, 0.4) is 0 Å². The average Bonchev–Trinajstić information content (AvgIpc) is 3.14. The molecule has 2 aromatic carbocycles. The van der Waals surface area contributed by atoms with Gasteiger partial charge in [0.25, 0.3) is 0 Å². The number of carbonyl (C=O) groups is 2. The molecule has 0 spiro atoms. The highest BCUT2D eigenvalue weighted by Crippen LogP contribution is 2.20. The lowest BCUT2D eigenvalue weighted by atomic mass is 10.1. The van der Waals surface area contributed by atoms with Crippen LogP contribution in [0, 0.1) is 6.92 Å². The Labute approximate surface area is 180 Å². The van der Waals surface area contributed by atoms with Gasteiger partial charge >= 0.3 is 5.97 Å². The Hall–Kier alpha value is -3.31. The van der Waals surface area contributed by atoms with Crippen LogP contribution >= 0.6 is 11.6 Å². The Kier molecular flexibility index (Phi) is 6.75. The van der Waals surface area contributed by atoms with Crippen molar-refractivity contribution in [3.63, 3.8) is 0 Å². The van der Waals surface area contributed by atoms with Gasteiger partial charge < -0.3 is 14.0 Å². The van der Waals surface area contributed by atoms with Gasteiger partial charge in [0.1, 0.15) is 5.75 Å². The summed E-state index contributed by atoms with van der Waals surface area (Å²) in [6.07, 6.45) is 5.63. The first-order valence-corrected chi connectivity index (χ1v) is 9.70. The standard InChI is InChI=1S/C24H22ClNO4/c1-16-13-22(23(27)18-7-10-20(29-2)11-8-18)26(15-16)12-4-5-17-6-9-19(25)14-21(17)24(28)30-3/h4-11,13-15H,12H2,1-3H3. The monoisotopic (exact) mass is 423 g/mol. The summed E-state index contributed by atoms with van der Waals surface area (Å²) in [4.78, 5) is 25.0. The highest BCUT2D eigenvalue weighted by atomic mass is 35.5. The summed E-state index contributed by atoms with van der Waals surface area (Å²) in [5, 5.41) is 0.459. The summed E-state index contributed by atoms with van der Waals surface area (Å²) >= 11 is 6.00. The first-order valence-electron chi connectivity index (χ1n) is 9.33. The van der Waals surface area contributed by atoms with E-state index in [4.69, 9.17) is 21.1 Å². The lowest BCUT2D eigenvalue weighted by molar-refractivity contribution is 0.0600. The molecule has 0 bridgehead atoms. The maximum atomic E-state index is 13.0. The summed E-state index contributed by atoms with van der Waals surface area (Å²) in [5.41, 5.74) is 3.25. The minimum atomic E-state index is -0.454. The molecule has 1 aromatic heterocycles. The number of aryl methyl sites for hydroxylation is 1. The zero-order chi connectivity index (χ0) is 21.7. The van der Waals surface area contributed by atoms with Crippen LogP contribution in [0.15, 0.2) is 60.8 Å². The number of carbonyl (C=O) groups excluding carboxylic acids is 2. The van der Waals surface area contributed by atoms with Crippen molar-refractivity contribution >= 4 is 29.4 Å². The molecule has 0 saturated heterocycles. The maximum Gasteiger partial charge on any atom is 0.338 e. The average molecular weight is 424 g/mol. The molecule has 0 fully saturated rings. The molecule has 0 N–H and O–H groups in total. The maximum absolute atomic E-state index is 13.0. The van der Waals surface area contributed by atoms with Crippen LogP contribution in [0.4, 0.5) is 0 Å². The third-order valence-electron chi connectivity index (χ3n) is 4.64. The number of methoxy groups -OCH3 is 2. The van der Waals surface area contributed by atoms with Gasteiger partial charge in [0.2, 0.25) is 5.78 Å². The Balaban J connectivity index is 1.83. The number of ketones is 1. The molecule has 0 amide bonds. The van der Waals surface area contributed by atoms with Crippen molar-refractivity contribution < 1.29 is 19.1 Å². The molecule has 0 unspecified atom stereocenters. The van der Waals surface area contributed by atoms with Gasteiger partial charge in [-0.3, -0.25) is 4.79 Å². The molecule has 0 aliphatic heterocycles. The van der Waals surface area contributed by atoms with Gasteiger partial charge in [-0.05, 0) is 60.5 Å². The van der Waals surface area contributed by atoms with Gasteiger partial charge in [-0.2, -0.15) is 0 Å². The van der Waals surface area contributed by atoms with Gasteiger partial charge in [0.05, 0.1) is 25.5 Å². The summed E-state index contributed by atoms with van der Waals surface area (Å²) in [5.74, 6) is 0.177. The van der Waals surface area contributed by atoms with Crippen molar-refractivity contribution in [2.75, 3.05) is 14.2 Å². The van der Waals surface area contributed by atoms with Crippen molar-refractivity contribution in [2.45, 2.75) is 13.5 Å². The number of hydrogen-bond acceptors (Lipinski definition) is 4. The molecule has 1 heterocycles. The highest BCUT2D eigenvalue weighted by molar-refractivity contribution is 6.31. The highest BCUT2D eigenvalue weighted by Gasteiger charge is 2.15. The fraction of sp³-hybridized carbons (Fsp3) is 0.167. The molecule has 0 saturated carbocycles. The lowest BCUT2D eigenvalue weighted by Gasteiger charge is -2.08. The molecule has 0 atom stereocenters. The van der Waals surface area contributed by atoms with Gasteiger partial charge in [-0.25, -0.2) is 4.79 Å². The van der Waals surface area contributed by atoms with Crippen LogP contribution in [0.2, 0.25) is 5.02 Å². The van der Waals surface area contributed by atoms with Crippen LogP contribution in [-0.2, 0) is 11.3 Å². The normalized spacial score (nSPS) is 10.9. The molecule has 154 valence electrons. The van der Waals surface area contributed by atoms with E-state index < -0.39 is 5.97 Å². The summed E-state index contributed by atoms with van der Waals surface area (Å²) in [6.45, 7) is 2.41. The smallest absolute Gasteiger partial charge is 0.338 e. The van der Waals surface area contributed by atoms with Crippen molar-refractivity contribution in [1.29, 1.82) is 0 Å². The van der Waals surface area contributed by atoms with Crippen molar-refractivity contribution in [1.82, 2.24) is 4.57 Å². The quantitative estimate of drug-likeness (QED) is 0.387. The number of esters is 1. The lowest BCUT2D eigenvalue weighted by Crippen LogP contribution is -2.09. The Morgan fingerprint density at radius 1 is 1.07 bits per heavy atom. The van der Waals surface area contributed by atoms with E-state index in [0.717, 1.165) is 5.56 Å². The molecule has 5 nitrogen and oxygen atoms in total. The van der Waals surface area contributed by atoms with Crippen LogP contribution in [0.25, 0.3) is 6.08 Å². The number of halogens is 1. The van der Waals surface area contributed by atoms with E-state index >= 15 is 0 Å². The minimum Gasteiger partial charge on any atom is -0.497 e. The number of hydrogen-bond donors (Lipinski definition) is 0. The zero-order valence-corrected chi connectivity index (χ0v) is 17.8. The SMILES string of the molecule is COC(=O)c1cc(Cl)ccc1C=CCn1cc(C)cc1C(=O)c1ccc(OC)cc1. The molecular formula is C24H22ClNO4. The molecule has 3 rings (SSSR count). The van der Waals surface area contributed by atoms with E-state index in [-0.39, 0.29) is 5.78 Å². The predicted octanol–water partition coefficient (Wildman–Crippen LogP) is 5.19. The first-order chi connectivity index (χ1) is 14.4. The topological polar surface area (TPSA) is 57.5 Å². The van der Waals surface area contributed by atoms with Gasteiger partial charge in [0, 0.05) is 23.3 Å². The zero-order valence-electron chi connectivity index (χ0n) is 17.0. The van der Waals surface area contributed by atoms with E-state index in [9.17, 15) is 9.59 Å². The van der Waals surface area contributed by atoms with E-state index in [1.165, 1.54) is 7.11 Å². The second-order valence-electron chi connectivity index (χ2n) is 6.74. The Bertz CT molecular complexity index is 1100. The molecular weight excluding hydrogens is 402 g/mol. The first kappa shape index (κ1) is 21.4.